The molecule has 0 aromatic rings. The summed E-state index contributed by atoms with van der Waals surface area (Å²) >= 11 is 0. The first-order valence-corrected chi connectivity index (χ1v) is 5.06. The number of hydrogen-bond acceptors (Lipinski definition) is 3. The van der Waals surface area contributed by atoms with E-state index in [-0.39, 0.29) is 6.61 Å². The van der Waals surface area contributed by atoms with Gasteiger partial charge in [0.05, 0.1) is 6.61 Å². The lowest BCUT2D eigenvalue weighted by Crippen LogP contribution is -2.19. The van der Waals surface area contributed by atoms with E-state index in [0.29, 0.717) is 6.42 Å². The van der Waals surface area contributed by atoms with Gasteiger partial charge < -0.3 is 0 Å². The van der Waals surface area contributed by atoms with Gasteiger partial charge in [0.15, 0.2) is 0 Å². The molecule has 64 valence electrons. The highest BCUT2D eigenvalue weighted by Gasteiger charge is 2.24. The Morgan fingerprint density at radius 2 is 2.27 bits per heavy atom. The van der Waals surface area contributed by atoms with Gasteiger partial charge in [-0.25, -0.2) is 0 Å². The molecule has 0 bridgehead atoms. The molecule has 1 heterocycles. The molecule has 0 aliphatic carbocycles. The molecule has 0 amide bonds. The van der Waals surface area contributed by atoms with E-state index >= 15 is 0 Å². The second-order valence-electron chi connectivity index (χ2n) is 2.69. The lowest BCUT2D eigenvalue weighted by molar-refractivity contribution is 0.325. The normalized spacial score (nSPS) is 30.7. The average Bonchev–Trinajstić information content (AvgIpc) is 2.03. The smallest absolute Gasteiger partial charge is 0.269 e. The molecule has 1 aliphatic heterocycles. The zero-order valence-corrected chi connectivity index (χ0v) is 7.52. The molecule has 0 radical (unpaired) electrons. The standard InChI is InChI=1S/C7H12O3S/c1-6-4-3-5-10-11(8,9)7(6)2/h4,7H,3,5H2,1-2H3. The van der Waals surface area contributed by atoms with Gasteiger partial charge in [-0.1, -0.05) is 11.6 Å². The molecular formula is C7H12O3S. The van der Waals surface area contributed by atoms with Gasteiger partial charge in [-0.2, -0.15) is 8.42 Å². The summed E-state index contributed by atoms with van der Waals surface area (Å²) in [6, 6.07) is 0. The van der Waals surface area contributed by atoms with E-state index < -0.39 is 15.4 Å². The Morgan fingerprint density at radius 3 is 2.91 bits per heavy atom. The molecule has 11 heavy (non-hydrogen) atoms. The molecule has 1 rings (SSSR count). The van der Waals surface area contributed by atoms with Crippen LogP contribution >= 0.6 is 0 Å². The van der Waals surface area contributed by atoms with E-state index in [1.165, 1.54) is 0 Å². The van der Waals surface area contributed by atoms with Crippen molar-refractivity contribution in [1.82, 2.24) is 0 Å². The third-order valence-corrected chi connectivity index (χ3v) is 3.64. The highest BCUT2D eigenvalue weighted by atomic mass is 32.2. The molecule has 1 atom stereocenters. The van der Waals surface area contributed by atoms with Gasteiger partial charge in [0.25, 0.3) is 10.1 Å². The van der Waals surface area contributed by atoms with E-state index in [4.69, 9.17) is 4.18 Å². The first-order chi connectivity index (χ1) is 5.04. The summed E-state index contributed by atoms with van der Waals surface area (Å²) in [5.41, 5.74) is 0.877. The fourth-order valence-corrected chi connectivity index (χ4v) is 2.03. The van der Waals surface area contributed by atoms with Crippen molar-refractivity contribution in [3.63, 3.8) is 0 Å². The molecule has 0 fully saturated rings. The highest BCUT2D eigenvalue weighted by molar-refractivity contribution is 7.87. The van der Waals surface area contributed by atoms with Crippen LogP contribution in [0.2, 0.25) is 0 Å². The van der Waals surface area contributed by atoms with Crippen LogP contribution in [0.1, 0.15) is 20.3 Å². The molecule has 0 saturated heterocycles. The Kier molecular flexibility index (Phi) is 2.34. The van der Waals surface area contributed by atoms with E-state index in [0.717, 1.165) is 5.57 Å². The summed E-state index contributed by atoms with van der Waals surface area (Å²) in [6.07, 6.45) is 2.60. The van der Waals surface area contributed by atoms with Crippen LogP contribution in [0.4, 0.5) is 0 Å². The molecule has 0 N–H and O–H groups in total. The third-order valence-electron chi connectivity index (χ3n) is 1.91. The SMILES string of the molecule is CC1=CCCOS(=O)(=O)C1C. The van der Waals surface area contributed by atoms with Crippen molar-refractivity contribution >= 4 is 10.1 Å². The fraction of sp³-hybridized carbons (Fsp3) is 0.714. The van der Waals surface area contributed by atoms with Gasteiger partial charge >= 0.3 is 0 Å². The fourth-order valence-electron chi connectivity index (χ4n) is 0.947. The molecule has 1 unspecified atom stereocenters. The molecular weight excluding hydrogens is 164 g/mol. The molecule has 3 nitrogen and oxygen atoms in total. The molecule has 0 saturated carbocycles. The first-order valence-electron chi connectivity index (χ1n) is 3.59. The van der Waals surface area contributed by atoms with Crippen LogP contribution in [-0.4, -0.2) is 20.3 Å². The Hall–Kier alpha value is -0.350. The number of hydrogen-bond donors (Lipinski definition) is 0. The zero-order valence-electron chi connectivity index (χ0n) is 6.70. The minimum Gasteiger partial charge on any atom is -0.269 e. The van der Waals surface area contributed by atoms with Crippen molar-refractivity contribution in [3.05, 3.63) is 11.6 Å². The predicted octanol–water partition coefficient (Wildman–Crippen LogP) is 1.07. The van der Waals surface area contributed by atoms with Crippen LogP contribution in [0, 0.1) is 0 Å². The number of rotatable bonds is 0. The third kappa shape index (κ3) is 1.81. The predicted molar refractivity (Wildman–Crippen MR) is 42.7 cm³/mol. The quantitative estimate of drug-likeness (QED) is 0.409. The summed E-state index contributed by atoms with van der Waals surface area (Å²) in [7, 11) is -3.32. The van der Waals surface area contributed by atoms with Crippen LogP contribution in [0.15, 0.2) is 11.6 Å². The zero-order chi connectivity index (χ0) is 8.48. The highest BCUT2D eigenvalue weighted by Crippen LogP contribution is 2.17. The Labute approximate surface area is 67.2 Å². The van der Waals surface area contributed by atoms with E-state index in [1.54, 1.807) is 6.92 Å². The van der Waals surface area contributed by atoms with Crippen molar-refractivity contribution < 1.29 is 12.6 Å². The summed E-state index contributed by atoms with van der Waals surface area (Å²) < 4.78 is 27.0. The van der Waals surface area contributed by atoms with Crippen LogP contribution in [0.25, 0.3) is 0 Å². The van der Waals surface area contributed by atoms with Crippen molar-refractivity contribution in [1.29, 1.82) is 0 Å². The van der Waals surface area contributed by atoms with Gasteiger partial charge in [0.1, 0.15) is 5.25 Å². The second kappa shape index (κ2) is 2.95. The maximum atomic E-state index is 11.1. The summed E-state index contributed by atoms with van der Waals surface area (Å²) in [5, 5.41) is -0.481. The van der Waals surface area contributed by atoms with Crippen molar-refractivity contribution in [2.45, 2.75) is 25.5 Å². The summed E-state index contributed by atoms with van der Waals surface area (Å²) in [4.78, 5) is 0. The molecule has 1 aliphatic rings. The van der Waals surface area contributed by atoms with Crippen molar-refractivity contribution in [2.24, 2.45) is 0 Å². The minimum absolute atomic E-state index is 0.282. The van der Waals surface area contributed by atoms with E-state index in [1.807, 2.05) is 13.0 Å². The lowest BCUT2D eigenvalue weighted by atomic mass is 10.2. The summed E-state index contributed by atoms with van der Waals surface area (Å²) in [5.74, 6) is 0. The van der Waals surface area contributed by atoms with Crippen LogP contribution in [0.3, 0.4) is 0 Å². The largest absolute Gasteiger partial charge is 0.273 e. The monoisotopic (exact) mass is 176 g/mol. The van der Waals surface area contributed by atoms with Gasteiger partial charge in [0.2, 0.25) is 0 Å². The first kappa shape index (κ1) is 8.74. The Bertz CT molecular complexity index is 263. The minimum atomic E-state index is -3.32. The average molecular weight is 176 g/mol. The maximum Gasteiger partial charge on any atom is 0.273 e. The lowest BCUT2D eigenvalue weighted by Gasteiger charge is -2.08. The Balaban J connectivity index is 2.97. The van der Waals surface area contributed by atoms with Crippen LogP contribution in [0.5, 0.6) is 0 Å². The molecule has 0 spiro atoms. The second-order valence-corrected chi connectivity index (χ2v) is 4.62. The Morgan fingerprint density at radius 1 is 1.64 bits per heavy atom. The molecule has 0 aromatic carbocycles. The van der Waals surface area contributed by atoms with Gasteiger partial charge in [0, 0.05) is 0 Å². The van der Waals surface area contributed by atoms with Crippen molar-refractivity contribution in [3.8, 4) is 0 Å². The van der Waals surface area contributed by atoms with Gasteiger partial charge in [-0.3, -0.25) is 4.18 Å². The van der Waals surface area contributed by atoms with Crippen molar-refractivity contribution in [2.75, 3.05) is 6.61 Å². The van der Waals surface area contributed by atoms with Gasteiger partial charge in [-0.05, 0) is 20.3 Å². The summed E-state index contributed by atoms with van der Waals surface area (Å²) in [6.45, 7) is 3.74. The van der Waals surface area contributed by atoms with Crippen LogP contribution in [-0.2, 0) is 14.3 Å². The van der Waals surface area contributed by atoms with E-state index in [2.05, 4.69) is 0 Å². The van der Waals surface area contributed by atoms with Crippen LogP contribution < -0.4 is 0 Å². The molecule has 4 heteroatoms. The maximum absolute atomic E-state index is 11.1. The van der Waals surface area contributed by atoms with E-state index in [9.17, 15) is 8.42 Å². The van der Waals surface area contributed by atoms with Gasteiger partial charge in [-0.15, -0.1) is 0 Å². The topological polar surface area (TPSA) is 43.4 Å². The molecule has 0 aromatic heterocycles.